The Morgan fingerprint density at radius 3 is 2.66 bits per heavy atom. The van der Waals surface area contributed by atoms with Crippen molar-refractivity contribution in [3.05, 3.63) is 88.6 Å². The molecule has 0 radical (unpaired) electrons. The van der Waals surface area contributed by atoms with Crippen LogP contribution in [0.5, 0.6) is 5.75 Å². The maximum absolute atomic E-state index is 13.0. The molecule has 206 valence electrons. The first-order valence-electron chi connectivity index (χ1n) is 14.3. The van der Waals surface area contributed by atoms with Gasteiger partial charge in [-0.1, -0.05) is 42.5 Å². The van der Waals surface area contributed by atoms with E-state index in [1.54, 1.807) is 7.11 Å². The number of anilines is 1. The molecule has 2 N–H and O–H groups in total. The van der Waals surface area contributed by atoms with Gasteiger partial charge in [0.2, 0.25) is 5.91 Å². The highest BCUT2D eigenvalue weighted by Crippen LogP contribution is 2.65. The number of hydrogen-bond donors (Lipinski definition) is 2. The number of likely N-dealkylation sites (tertiary alicyclic amines) is 1. The lowest BCUT2D eigenvalue weighted by atomic mass is 9.82. The van der Waals surface area contributed by atoms with Crippen molar-refractivity contribution in [3.63, 3.8) is 0 Å². The number of nitrogens with zero attached hydrogens (tertiary/aromatic N) is 3. The summed E-state index contributed by atoms with van der Waals surface area (Å²) >= 11 is 0. The van der Waals surface area contributed by atoms with E-state index in [0.717, 1.165) is 83.6 Å². The van der Waals surface area contributed by atoms with Crippen LogP contribution < -0.4 is 10.1 Å². The molecule has 3 aromatic carbocycles. The summed E-state index contributed by atoms with van der Waals surface area (Å²) in [5.74, 6) is 0.969. The average Bonchev–Trinajstić information content (AvgIpc) is 3.54. The van der Waals surface area contributed by atoms with Gasteiger partial charge < -0.3 is 10.1 Å². The van der Waals surface area contributed by atoms with Gasteiger partial charge in [0.15, 0.2) is 0 Å². The van der Waals surface area contributed by atoms with Crippen LogP contribution in [0.25, 0.3) is 23.1 Å². The molecule has 41 heavy (non-hydrogen) atoms. The number of carbonyl (C=O) groups is 1. The van der Waals surface area contributed by atoms with Gasteiger partial charge >= 0.3 is 0 Å². The normalized spacial score (nSPS) is 23.0. The molecule has 2 fully saturated rings. The molecular weight excluding hydrogens is 510 g/mol. The Balaban J connectivity index is 1.04. The number of carbonyl (C=O) groups excluding carboxylic acids is 1. The van der Waals surface area contributed by atoms with E-state index in [1.807, 2.05) is 24.3 Å². The van der Waals surface area contributed by atoms with Crippen LogP contribution in [0.15, 0.2) is 60.7 Å². The second-order valence-corrected chi connectivity index (χ2v) is 12.0. The number of nitrogens with one attached hydrogen (secondary N) is 2. The summed E-state index contributed by atoms with van der Waals surface area (Å²) in [5.41, 5.74) is 6.65. The summed E-state index contributed by atoms with van der Waals surface area (Å²) in [7, 11) is 1.65. The zero-order valence-electron chi connectivity index (χ0n) is 23.4. The Morgan fingerprint density at radius 2 is 1.90 bits per heavy atom. The minimum absolute atomic E-state index is 0.0722. The monoisotopic (exact) mass is 543 g/mol. The molecule has 1 saturated carbocycles. The number of aromatic nitrogens is 2. The van der Waals surface area contributed by atoms with E-state index in [2.05, 4.69) is 81.9 Å². The van der Waals surface area contributed by atoms with Crippen molar-refractivity contribution in [1.82, 2.24) is 15.1 Å². The molecule has 4 aromatic rings. The quantitative estimate of drug-likeness (QED) is 0.300. The smallest absolute Gasteiger partial charge is 0.235 e. The van der Waals surface area contributed by atoms with Crippen LogP contribution in [0, 0.1) is 16.7 Å². The molecular formula is C34H33N5O2. The fourth-order valence-corrected chi connectivity index (χ4v) is 6.58. The number of methoxy groups -OCH3 is 1. The van der Waals surface area contributed by atoms with Crippen molar-refractivity contribution >= 4 is 34.6 Å². The van der Waals surface area contributed by atoms with E-state index < -0.39 is 5.41 Å². The Labute approximate surface area is 239 Å². The van der Waals surface area contributed by atoms with Gasteiger partial charge in [-0.15, -0.1) is 0 Å². The number of fused-ring (bicyclic) bond motifs is 3. The third kappa shape index (κ3) is 4.39. The zero-order chi connectivity index (χ0) is 28.2. The number of hydrogen-bond acceptors (Lipinski definition) is 5. The molecule has 2 atom stereocenters. The number of H-pyrrole nitrogens is 1. The molecule has 1 amide bonds. The highest BCUT2D eigenvalue weighted by molar-refractivity contribution is 6.10. The minimum atomic E-state index is -0.516. The van der Waals surface area contributed by atoms with Crippen LogP contribution in [0.4, 0.5) is 5.69 Å². The van der Waals surface area contributed by atoms with Gasteiger partial charge in [-0.25, -0.2) is 0 Å². The second kappa shape index (κ2) is 9.60. The van der Waals surface area contributed by atoms with Gasteiger partial charge in [-0.2, -0.15) is 10.4 Å². The lowest BCUT2D eigenvalue weighted by Crippen LogP contribution is -2.37. The molecule has 3 aliphatic rings. The Morgan fingerprint density at radius 1 is 1.10 bits per heavy atom. The number of piperidine rings is 1. The van der Waals surface area contributed by atoms with Gasteiger partial charge in [-0.05, 0) is 91.9 Å². The first kappa shape index (κ1) is 25.6. The van der Waals surface area contributed by atoms with Crippen molar-refractivity contribution in [3.8, 4) is 11.8 Å². The van der Waals surface area contributed by atoms with E-state index in [0.29, 0.717) is 0 Å². The van der Waals surface area contributed by atoms with Crippen molar-refractivity contribution in [2.75, 3.05) is 25.5 Å². The predicted molar refractivity (Wildman–Crippen MR) is 160 cm³/mol. The fourth-order valence-electron chi connectivity index (χ4n) is 6.58. The van der Waals surface area contributed by atoms with Gasteiger partial charge in [0.05, 0.1) is 35.2 Å². The molecule has 7 nitrogen and oxygen atoms in total. The summed E-state index contributed by atoms with van der Waals surface area (Å²) in [6.45, 7) is 4.93. The number of nitriles is 1. The molecule has 7 heteroatoms. The second-order valence-electron chi connectivity index (χ2n) is 12.0. The fraction of sp³-hybridized carbons (Fsp3) is 0.324. The van der Waals surface area contributed by atoms with E-state index in [9.17, 15) is 10.1 Å². The molecule has 1 saturated heterocycles. The van der Waals surface area contributed by atoms with Crippen molar-refractivity contribution in [2.24, 2.45) is 5.41 Å². The van der Waals surface area contributed by atoms with E-state index >= 15 is 0 Å². The molecule has 0 bridgehead atoms. The molecule has 2 aliphatic heterocycles. The van der Waals surface area contributed by atoms with E-state index in [4.69, 9.17) is 4.74 Å². The van der Waals surface area contributed by atoms with Gasteiger partial charge in [-0.3, -0.25) is 14.8 Å². The molecule has 7 rings (SSSR count). The Hall–Kier alpha value is -4.41. The number of rotatable bonds is 6. The van der Waals surface area contributed by atoms with Crippen LogP contribution in [-0.2, 0) is 16.8 Å². The van der Waals surface area contributed by atoms with Crippen molar-refractivity contribution < 1.29 is 9.53 Å². The topological polar surface area (TPSA) is 94.0 Å². The van der Waals surface area contributed by atoms with Crippen LogP contribution >= 0.6 is 0 Å². The van der Waals surface area contributed by atoms with Crippen molar-refractivity contribution in [2.45, 2.75) is 44.1 Å². The molecule has 1 aromatic heterocycles. The number of amides is 1. The van der Waals surface area contributed by atoms with E-state index in [-0.39, 0.29) is 17.2 Å². The van der Waals surface area contributed by atoms with Crippen molar-refractivity contribution in [1.29, 1.82) is 5.26 Å². The summed E-state index contributed by atoms with van der Waals surface area (Å²) in [6, 6.07) is 23.3. The molecule has 1 aliphatic carbocycles. The van der Waals surface area contributed by atoms with Crippen LogP contribution in [-0.4, -0.2) is 41.2 Å². The maximum Gasteiger partial charge on any atom is 0.235 e. The van der Waals surface area contributed by atoms with Gasteiger partial charge in [0.25, 0.3) is 0 Å². The number of aromatic amines is 1. The Bertz CT molecular complexity index is 1720. The SMILES string of the molecule is COc1ccc2c(c1)C1(CC1c1ccc3c(/C=C/c4ccc(CN5CCC(C)(C#N)CC5)cc4)n[nH]c3c1)C(=O)N2. The molecule has 3 heterocycles. The number of benzene rings is 3. The standard InChI is InChI=1S/C34H33N5O2/c1-33(21-35)13-15-39(16-14-33)20-23-5-3-22(4-6-23)7-11-29-26-10-8-24(17-31(26)38-37-29)28-19-34(28)27-18-25(41-2)9-12-30(27)36-32(34)40/h3-12,17-18,28H,13-16,19-20H2,1-2H3,(H,36,40)(H,37,38)/b11-7+. The average molecular weight is 544 g/mol. The third-order valence-electron chi connectivity index (χ3n) is 9.39. The van der Waals surface area contributed by atoms with Gasteiger partial charge in [0, 0.05) is 23.5 Å². The van der Waals surface area contributed by atoms with Crippen LogP contribution in [0.2, 0.25) is 0 Å². The lowest BCUT2D eigenvalue weighted by molar-refractivity contribution is -0.118. The largest absolute Gasteiger partial charge is 0.497 e. The minimum Gasteiger partial charge on any atom is -0.497 e. The summed E-state index contributed by atoms with van der Waals surface area (Å²) in [5, 5.41) is 21.3. The summed E-state index contributed by atoms with van der Waals surface area (Å²) in [4.78, 5) is 15.5. The zero-order valence-corrected chi connectivity index (χ0v) is 23.4. The predicted octanol–water partition coefficient (Wildman–Crippen LogP) is 6.24. The third-order valence-corrected chi connectivity index (χ3v) is 9.39. The highest BCUT2D eigenvalue weighted by Gasteiger charge is 2.65. The lowest BCUT2D eigenvalue weighted by Gasteiger charge is -2.34. The van der Waals surface area contributed by atoms with Crippen LogP contribution in [0.1, 0.15) is 60.1 Å². The Kier molecular flexibility index (Phi) is 5.98. The van der Waals surface area contributed by atoms with E-state index in [1.165, 1.54) is 5.56 Å². The summed E-state index contributed by atoms with van der Waals surface area (Å²) < 4.78 is 5.43. The highest BCUT2D eigenvalue weighted by atomic mass is 16.5. The summed E-state index contributed by atoms with van der Waals surface area (Å²) in [6.07, 6.45) is 6.80. The van der Waals surface area contributed by atoms with Crippen LogP contribution in [0.3, 0.4) is 0 Å². The molecule has 1 spiro atoms. The molecule has 2 unspecified atom stereocenters. The number of ether oxygens (including phenoxy) is 1. The van der Waals surface area contributed by atoms with Gasteiger partial charge in [0.1, 0.15) is 5.75 Å². The maximum atomic E-state index is 13.0. The first-order valence-corrected chi connectivity index (χ1v) is 14.3. The first-order chi connectivity index (χ1) is 19.9.